The van der Waals surface area contributed by atoms with Crippen LogP contribution in [0.2, 0.25) is 0 Å². The van der Waals surface area contributed by atoms with Crippen LogP contribution in [0.15, 0.2) is 40.4 Å². The molecule has 1 aromatic heterocycles. The second kappa shape index (κ2) is 5.70. The van der Waals surface area contributed by atoms with Gasteiger partial charge in [-0.15, -0.1) is 0 Å². The average molecular weight is 310 g/mol. The lowest BCUT2D eigenvalue weighted by molar-refractivity contribution is -0.121. The second-order valence-electron chi connectivity index (χ2n) is 4.87. The Bertz CT molecular complexity index is 857. The van der Waals surface area contributed by atoms with Gasteiger partial charge in [0, 0.05) is 36.8 Å². The summed E-state index contributed by atoms with van der Waals surface area (Å²) >= 11 is 1.37. The summed E-state index contributed by atoms with van der Waals surface area (Å²) in [6.45, 7) is 0.284. The van der Waals surface area contributed by atoms with Crippen molar-refractivity contribution in [3.63, 3.8) is 0 Å². The molecule has 1 saturated heterocycles. The summed E-state index contributed by atoms with van der Waals surface area (Å²) in [5.41, 5.74) is 1.93. The van der Waals surface area contributed by atoms with E-state index in [1.54, 1.807) is 19.0 Å². The Hall–Kier alpha value is -2.52. The number of nitriles is 1. The van der Waals surface area contributed by atoms with Crippen LogP contribution in [-0.4, -0.2) is 34.6 Å². The lowest BCUT2D eigenvalue weighted by Gasteiger charge is -2.04. The number of carbonyl (C=O) groups excluding carboxylic acids is 1. The van der Waals surface area contributed by atoms with E-state index in [4.69, 9.17) is 5.26 Å². The SMILES string of the molecule is CN=C1SC(=Cc2cn(CC#N)c3ccccc23)C(=O)N1C. The average Bonchev–Trinajstić information content (AvgIpc) is 3.01. The third-order valence-corrected chi connectivity index (χ3v) is 4.69. The van der Waals surface area contributed by atoms with E-state index in [2.05, 4.69) is 11.1 Å². The molecule has 0 bridgehead atoms. The second-order valence-corrected chi connectivity index (χ2v) is 5.88. The number of aromatic nitrogens is 1. The van der Waals surface area contributed by atoms with Crippen LogP contribution in [0.1, 0.15) is 5.56 Å². The molecule has 1 aromatic carbocycles. The van der Waals surface area contributed by atoms with Gasteiger partial charge in [0.2, 0.25) is 0 Å². The van der Waals surface area contributed by atoms with E-state index < -0.39 is 0 Å². The first-order valence-corrected chi connectivity index (χ1v) is 7.56. The molecule has 5 nitrogen and oxygen atoms in total. The number of amidine groups is 1. The third kappa shape index (κ3) is 2.30. The molecule has 1 fully saturated rings. The molecule has 1 aliphatic rings. The van der Waals surface area contributed by atoms with Crippen LogP contribution in [0.25, 0.3) is 17.0 Å². The smallest absolute Gasteiger partial charge is 0.266 e. The first-order chi connectivity index (χ1) is 10.7. The minimum atomic E-state index is -0.0530. The predicted octanol–water partition coefficient (Wildman–Crippen LogP) is 2.70. The normalized spacial score (nSPS) is 18.6. The highest BCUT2D eigenvalue weighted by atomic mass is 32.2. The third-order valence-electron chi connectivity index (χ3n) is 3.54. The molecule has 110 valence electrons. The van der Waals surface area contributed by atoms with Gasteiger partial charge in [0.15, 0.2) is 5.17 Å². The first kappa shape index (κ1) is 14.4. The maximum atomic E-state index is 12.2. The standard InChI is InChI=1S/C16H14N4OS/c1-18-16-19(2)15(21)14(22-16)9-11-10-20(8-7-17)13-6-4-3-5-12(11)13/h3-6,9-10H,8H2,1-2H3. The van der Waals surface area contributed by atoms with Crippen LogP contribution in [0, 0.1) is 11.3 Å². The largest absolute Gasteiger partial charge is 0.333 e. The van der Waals surface area contributed by atoms with Crippen molar-refractivity contribution in [1.82, 2.24) is 9.47 Å². The Morgan fingerprint density at radius 2 is 2.18 bits per heavy atom. The summed E-state index contributed by atoms with van der Waals surface area (Å²) < 4.78 is 1.89. The van der Waals surface area contributed by atoms with Crippen LogP contribution in [0.5, 0.6) is 0 Å². The molecule has 22 heavy (non-hydrogen) atoms. The minimum absolute atomic E-state index is 0.0530. The van der Waals surface area contributed by atoms with E-state index in [0.717, 1.165) is 16.5 Å². The molecule has 0 saturated carbocycles. The molecule has 0 unspecified atom stereocenters. The quantitative estimate of drug-likeness (QED) is 0.801. The molecule has 3 rings (SSSR count). The number of rotatable bonds is 2. The zero-order chi connectivity index (χ0) is 15.7. The minimum Gasteiger partial charge on any atom is -0.333 e. The van der Waals surface area contributed by atoms with E-state index in [9.17, 15) is 4.79 Å². The van der Waals surface area contributed by atoms with Crippen LogP contribution in [0.4, 0.5) is 0 Å². The molecule has 0 atom stereocenters. The van der Waals surface area contributed by atoms with Crippen molar-refractivity contribution in [2.45, 2.75) is 6.54 Å². The van der Waals surface area contributed by atoms with Crippen LogP contribution >= 0.6 is 11.8 Å². The highest BCUT2D eigenvalue weighted by molar-refractivity contribution is 8.18. The van der Waals surface area contributed by atoms with Gasteiger partial charge in [0.05, 0.1) is 11.0 Å². The van der Waals surface area contributed by atoms with E-state index in [1.165, 1.54) is 11.8 Å². The first-order valence-electron chi connectivity index (χ1n) is 6.75. The van der Waals surface area contributed by atoms with Crippen molar-refractivity contribution < 1.29 is 4.79 Å². The highest BCUT2D eigenvalue weighted by Crippen LogP contribution is 2.33. The maximum Gasteiger partial charge on any atom is 0.266 e. The fraction of sp³-hybridized carbons (Fsp3) is 0.188. The van der Waals surface area contributed by atoms with Crippen molar-refractivity contribution in [2.24, 2.45) is 4.99 Å². The van der Waals surface area contributed by atoms with Crippen LogP contribution in [-0.2, 0) is 11.3 Å². The number of likely N-dealkylation sites (N-methyl/N-ethyl adjacent to an activating group) is 1. The van der Waals surface area contributed by atoms with E-state index in [1.807, 2.05) is 41.1 Å². The number of fused-ring (bicyclic) bond motifs is 1. The van der Waals surface area contributed by atoms with Crippen LogP contribution in [0.3, 0.4) is 0 Å². The lowest BCUT2D eigenvalue weighted by atomic mass is 10.1. The van der Waals surface area contributed by atoms with Crippen molar-refractivity contribution >= 4 is 39.8 Å². The Morgan fingerprint density at radius 1 is 1.41 bits per heavy atom. The summed E-state index contributed by atoms with van der Waals surface area (Å²) in [5.74, 6) is -0.0530. The van der Waals surface area contributed by atoms with Gasteiger partial charge in [0.25, 0.3) is 5.91 Å². The van der Waals surface area contributed by atoms with Gasteiger partial charge < -0.3 is 4.57 Å². The number of thioether (sulfide) groups is 1. The molecule has 1 aliphatic heterocycles. The number of hydrogen-bond acceptors (Lipinski definition) is 4. The number of para-hydroxylation sites is 1. The fourth-order valence-corrected chi connectivity index (χ4v) is 3.41. The van der Waals surface area contributed by atoms with Crippen LogP contribution < -0.4 is 0 Å². The highest BCUT2D eigenvalue weighted by Gasteiger charge is 2.29. The number of aliphatic imine (C=N–C) groups is 1. The Kier molecular flexibility index (Phi) is 3.73. The molecule has 0 radical (unpaired) electrons. The van der Waals surface area contributed by atoms with Gasteiger partial charge in [-0.3, -0.25) is 14.7 Å². The number of hydrogen-bond donors (Lipinski definition) is 0. The molecule has 1 amide bonds. The molecule has 2 heterocycles. The van der Waals surface area contributed by atoms with Gasteiger partial charge in [-0.25, -0.2) is 0 Å². The van der Waals surface area contributed by atoms with Gasteiger partial charge in [-0.05, 0) is 23.9 Å². The topological polar surface area (TPSA) is 61.4 Å². The Morgan fingerprint density at radius 3 is 2.86 bits per heavy atom. The molecule has 2 aromatic rings. The van der Waals surface area contributed by atoms with Crippen molar-refractivity contribution in [1.29, 1.82) is 5.26 Å². The van der Waals surface area contributed by atoms with Crippen molar-refractivity contribution in [2.75, 3.05) is 14.1 Å². The maximum absolute atomic E-state index is 12.2. The van der Waals surface area contributed by atoms with E-state index >= 15 is 0 Å². The molecule has 0 spiro atoms. The summed E-state index contributed by atoms with van der Waals surface area (Å²) in [6.07, 6.45) is 3.79. The molecule has 0 aliphatic carbocycles. The summed E-state index contributed by atoms with van der Waals surface area (Å²) in [7, 11) is 3.39. The molecule has 0 N–H and O–H groups in total. The van der Waals surface area contributed by atoms with Crippen molar-refractivity contribution in [3.05, 3.63) is 40.9 Å². The molecular formula is C16H14N4OS. The van der Waals surface area contributed by atoms with Gasteiger partial charge >= 0.3 is 0 Å². The van der Waals surface area contributed by atoms with E-state index in [-0.39, 0.29) is 12.5 Å². The molecular weight excluding hydrogens is 296 g/mol. The number of amides is 1. The Balaban J connectivity index is 2.10. The van der Waals surface area contributed by atoms with Gasteiger partial charge in [0.1, 0.15) is 6.54 Å². The predicted molar refractivity (Wildman–Crippen MR) is 89.2 cm³/mol. The number of carbonyl (C=O) groups is 1. The zero-order valence-corrected chi connectivity index (χ0v) is 13.1. The van der Waals surface area contributed by atoms with Gasteiger partial charge in [-0.1, -0.05) is 18.2 Å². The van der Waals surface area contributed by atoms with Gasteiger partial charge in [-0.2, -0.15) is 5.26 Å². The summed E-state index contributed by atoms with van der Waals surface area (Å²) in [6, 6.07) is 10.0. The summed E-state index contributed by atoms with van der Waals surface area (Å²) in [5, 5.41) is 10.7. The van der Waals surface area contributed by atoms with Crippen molar-refractivity contribution in [3.8, 4) is 6.07 Å². The number of benzene rings is 1. The number of nitrogens with zero attached hydrogens (tertiary/aromatic N) is 4. The van der Waals surface area contributed by atoms with E-state index in [0.29, 0.717) is 10.1 Å². The zero-order valence-electron chi connectivity index (χ0n) is 12.3. The molecule has 6 heteroatoms. The lowest BCUT2D eigenvalue weighted by Crippen LogP contribution is -2.23. The Labute approximate surface area is 132 Å². The summed E-state index contributed by atoms with van der Waals surface area (Å²) in [4.78, 5) is 18.5. The monoisotopic (exact) mass is 310 g/mol. The fourth-order valence-electron chi connectivity index (χ4n) is 2.49.